The van der Waals surface area contributed by atoms with Crippen LogP contribution in [0, 0.1) is 13.8 Å². The summed E-state index contributed by atoms with van der Waals surface area (Å²) in [6, 6.07) is 6.84. The van der Waals surface area contributed by atoms with Crippen molar-refractivity contribution in [3.8, 4) is 0 Å². The highest BCUT2D eigenvalue weighted by Gasteiger charge is 2.24. The largest absolute Gasteiger partial charge is 0.361 e. The molecule has 0 aliphatic rings. The zero-order valence-corrected chi connectivity index (χ0v) is 11.8. The van der Waals surface area contributed by atoms with Crippen LogP contribution in [0.3, 0.4) is 0 Å². The average Bonchev–Trinajstić information content (AvgIpc) is 2.64. The minimum absolute atomic E-state index is 0.128. The van der Waals surface area contributed by atoms with Crippen LogP contribution in [0.4, 0.5) is 0 Å². The first-order valence-corrected chi connectivity index (χ1v) is 6.30. The summed E-state index contributed by atoms with van der Waals surface area (Å²) in [7, 11) is 0. The predicted molar refractivity (Wildman–Crippen MR) is 75.2 cm³/mol. The highest BCUT2D eigenvalue weighted by atomic mass is 35.5. The number of aryl methyl sites for hydroxylation is 2. The number of ketones is 2. The Bertz CT molecular complexity index is 671. The molecule has 1 aromatic heterocycles. The number of hydrogen-bond donors (Lipinski definition) is 1. The maximum atomic E-state index is 12.6. The topological polar surface area (TPSA) is 49.9 Å². The van der Waals surface area contributed by atoms with Gasteiger partial charge < -0.3 is 4.98 Å². The Balaban J connectivity index is 2.63. The van der Waals surface area contributed by atoms with Crippen LogP contribution in [0.5, 0.6) is 0 Å². The van der Waals surface area contributed by atoms with Crippen LogP contribution in [0.1, 0.15) is 44.6 Å². The Morgan fingerprint density at radius 1 is 1.05 bits per heavy atom. The summed E-state index contributed by atoms with van der Waals surface area (Å²) in [5.41, 5.74) is 2.67. The number of carbonyl (C=O) groups excluding carboxylic acids is 2. The Kier molecular flexibility index (Phi) is 3.58. The Morgan fingerprint density at radius 2 is 1.63 bits per heavy atom. The maximum Gasteiger partial charge on any atom is 0.197 e. The number of carbonyl (C=O) groups is 2. The van der Waals surface area contributed by atoms with Crippen molar-refractivity contribution in [3.63, 3.8) is 0 Å². The second-order valence-corrected chi connectivity index (χ2v) is 4.90. The van der Waals surface area contributed by atoms with Gasteiger partial charge in [0.05, 0.1) is 10.6 Å². The molecular formula is C15H14ClNO2. The maximum absolute atomic E-state index is 12.6. The number of aromatic nitrogens is 1. The lowest BCUT2D eigenvalue weighted by atomic mass is 9.97. The van der Waals surface area contributed by atoms with Gasteiger partial charge in [0.2, 0.25) is 0 Å². The molecule has 98 valence electrons. The molecular weight excluding hydrogens is 262 g/mol. The number of rotatable bonds is 3. The molecule has 4 heteroatoms. The van der Waals surface area contributed by atoms with Gasteiger partial charge in [0.15, 0.2) is 11.6 Å². The smallest absolute Gasteiger partial charge is 0.197 e. The highest BCUT2D eigenvalue weighted by Crippen LogP contribution is 2.25. The summed E-state index contributed by atoms with van der Waals surface area (Å²) in [5.74, 6) is -0.352. The lowest BCUT2D eigenvalue weighted by Gasteiger charge is -2.05. The number of H-pyrrole nitrogens is 1. The van der Waals surface area contributed by atoms with Crippen molar-refractivity contribution in [1.82, 2.24) is 4.98 Å². The van der Waals surface area contributed by atoms with Crippen molar-refractivity contribution in [2.24, 2.45) is 0 Å². The number of halogens is 1. The summed E-state index contributed by atoms with van der Waals surface area (Å²) in [6.45, 7) is 5.02. The lowest BCUT2D eigenvalue weighted by molar-refractivity contribution is 0.0990. The molecule has 0 atom stereocenters. The summed E-state index contributed by atoms with van der Waals surface area (Å²) < 4.78 is 0. The molecule has 3 nitrogen and oxygen atoms in total. The normalized spacial score (nSPS) is 10.5. The zero-order chi connectivity index (χ0) is 14.2. The van der Waals surface area contributed by atoms with Gasteiger partial charge in [0.1, 0.15) is 0 Å². The lowest BCUT2D eigenvalue weighted by Crippen LogP contribution is -2.08. The van der Waals surface area contributed by atoms with Crippen molar-refractivity contribution >= 4 is 23.2 Å². The van der Waals surface area contributed by atoms with Gasteiger partial charge in [0, 0.05) is 22.5 Å². The number of Topliss-reactive ketones (excluding diaryl/α,β-unsaturated/α-hetero) is 1. The summed E-state index contributed by atoms with van der Waals surface area (Å²) >= 11 is 6.04. The molecule has 0 bridgehead atoms. The third kappa shape index (κ3) is 2.34. The summed E-state index contributed by atoms with van der Waals surface area (Å²) in [5, 5.41) is 0.389. The minimum atomic E-state index is -0.224. The first-order valence-electron chi connectivity index (χ1n) is 5.92. The van der Waals surface area contributed by atoms with E-state index in [2.05, 4.69) is 4.98 Å². The van der Waals surface area contributed by atoms with Crippen LogP contribution in [0.25, 0.3) is 0 Å². The number of nitrogens with one attached hydrogen (secondary N) is 1. The van der Waals surface area contributed by atoms with E-state index >= 15 is 0 Å². The molecule has 0 fully saturated rings. The van der Waals surface area contributed by atoms with Gasteiger partial charge >= 0.3 is 0 Å². The summed E-state index contributed by atoms with van der Waals surface area (Å²) in [6.07, 6.45) is 0. The van der Waals surface area contributed by atoms with E-state index in [1.165, 1.54) is 6.92 Å². The van der Waals surface area contributed by atoms with Gasteiger partial charge in [-0.15, -0.1) is 0 Å². The number of aromatic amines is 1. The first kappa shape index (κ1) is 13.6. The SMILES string of the molecule is CC(=O)c1c(C)[nH]c(C)c1C(=O)c1ccccc1Cl. The molecule has 0 spiro atoms. The molecule has 1 N–H and O–H groups in total. The van der Waals surface area contributed by atoms with Crippen molar-refractivity contribution < 1.29 is 9.59 Å². The summed E-state index contributed by atoms with van der Waals surface area (Å²) in [4.78, 5) is 27.3. The molecule has 0 saturated carbocycles. The van der Waals surface area contributed by atoms with E-state index in [4.69, 9.17) is 11.6 Å². The third-order valence-electron chi connectivity index (χ3n) is 3.07. The quantitative estimate of drug-likeness (QED) is 0.868. The second-order valence-electron chi connectivity index (χ2n) is 4.49. The van der Waals surface area contributed by atoms with Crippen molar-refractivity contribution in [2.45, 2.75) is 20.8 Å². The van der Waals surface area contributed by atoms with Gasteiger partial charge in [0.25, 0.3) is 0 Å². The van der Waals surface area contributed by atoms with Gasteiger partial charge in [-0.25, -0.2) is 0 Å². The van der Waals surface area contributed by atoms with E-state index < -0.39 is 0 Å². The molecule has 0 unspecified atom stereocenters. The molecule has 0 aliphatic heterocycles. The van der Waals surface area contributed by atoms with Crippen molar-refractivity contribution in [2.75, 3.05) is 0 Å². The van der Waals surface area contributed by atoms with E-state index in [0.29, 0.717) is 33.1 Å². The Hall–Kier alpha value is -1.87. The van der Waals surface area contributed by atoms with Gasteiger partial charge in [-0.2, -0.15) is 0 Å². The standard InChI is InChI=1S/C15H14ClNO2/c1-8-13(10(3)18)14(9(2)17-8)15(19)11-6-4-5-7-12(11)16/h4-7,17H,1-3H3. The molecule has 0 radical (unpaired) electrons. The zero-order valence-electron chi connectivity index (χ0n) is 11.0. The van der Waals surface area contributed by atoms with Crippen LogP contribution in [0.2, 0.25) is 5.02 Å². The van der Waals surface area contributed by atoms with Crippen molar-refractivity contribution in [3.05, 3.63) is 57.4 Å². The molecule has 2 rings (SSSR count). The highest BCUT2D eigenvalue weighted by molar-refractivity contribution is 6.35. The minimum Gasteiger partial charge on any atom is -0.361 e. The molecule has 0 aliphatic carbocycles. The van der Waals surface area contributed by atoms with Crippen LogP contribution >= 0.6 is 11.6 Å². The van der Waals surface area contributed by atoms with Crippen molar-refractivity contribution in [1.29, 1.82) is 0 Å². The fraction of sp³-hybridized carbons (Fsp3) is 0.200. The monoisotopic (exact) mass is 275 g/mol. The first-order chi connectivity index (χ1) is 8.93. The van der Waals surface area contributed by atoms with E-state index in [0.717, 1.165) is 0 Å². The van der Waals surface area contributed by atoms with E-state index in [1.54, 1.807) is 38.1 Å². The van der Waals surface area contributed by atoms with Gasteiger partial charge in [-0.3, -0.25) is 9.59 Å². The second kappa shape index (κ2) is 5.02. The molecule has 2 aromatic rings. The number of benzene rings is 1. The van der Waals surface area contributed by atoms with Crippen LogP contribution in [-0.2, 0) is 0 Å². The Labute approximate surface area is 116 Å². The molecule has 0 amide bonds. The van der Waals surface area contributed by atoms with E-state index in [-0.39, 0.29) is 11.6 Å². The van der Waals surface area contributed by atoms with E-state index in [9.17, 15) is 9.59 Å². The average molecular weight is 276 g/mol. The molecule has 0 saturated heterocycles. The number of hydrogen-bond acceptors (Lipinski definition) is 2. The van der Waals surface area contributed by atoms with Crippen LogP contribution in [0.15, 0.2) is 24.3 Å². The van der Waals surface area contributed by atoms with Crippen LogP contribution < -0.4 is 0 Å². The van der Waals surface area contributed by atoms with Crippen LogP contribution in [-0.4, -0.2) is 16.6 Å². The van der Waals surface area contributed by atoms with Gasteiger partial charge in [-0.1, -0.05) is 23.7 Å². The fourth-order valence-corrected chi connectivity index (χ4v) is 2.51. The fourth-order valence-electron chi connectivity index (χ4n) is 2.29. The predicted octanol–water partition coefficient (Wildman–Crippen LogP) is 3.72. The molecule has 19 heavy (non-hydrogen) atoms. The third-order valence-corrected chi connectivity index (χ3v) is 3.40. The molecule has 1 heterocycles. The van der Waals surface area contributed by atoms with E-state index in [1.807, 2.05) is 0 Å². The van der Waals surface area contributed by atoms with Gasteiger partial charge in [-0.05, 0) is 32.9 Å². The Morgan fingerprint density at radius 3 is 2.21 bits per heavy atom. The molecule has 1 aromatic carbocycles.